The molecular formula is C18H21N5O. The first-order valence-electron chi connectivity index (χ1n) is 8.69. The fourth-order valence-electron chi connectivity index (χ4n) is 4.02. The SMILES string of the molecule is CC1Cc2c(ncnc2-c2cnc(C(CC#N)C3CCCC3)o2)N1. The summed E-state index contributed by atoms with van der Waals surface area (Å²) in [5.74, 6) is 2.85. The summed E-state index contributed by atoms with van der Waals surface area (Å²) in [6.07, 6.45) is 9.46. The molecule has 1 aliphatic carbocycles. The molecule has 1 saturated carbocycles. The zero-order valence-electron chi connectivity index (χ0n) is 13.8. The van der Waals surface area contributed by atoms with Gasteiger partial charge in [-0.3, -0.25) is 0 Å². The zero-order chi connectivity index (χ0) is 16.5. The van der Waals surface area contributed by atoms with Gasteiger partial charge >= 0.3 is 0 Å². The Labute approximate surface area is 141 Å². The number of anilines is 1. The average Bonchev–Trinajstić information content (AvgIpc) is 3.31. The molecule has 2 aliphatic rings. The molecule has 2 atom stereocenters. The van der Waals surface area contributed by atoms with Crippen LogP contribution in [0.25, 0.3) is 11.5 Å². The van der Waals surface area contributed by atoms with Crippen LogP contribution in [0.5, 0.6) is 0 Å². The van der Waals surface area contributed by atoms with Crippen LogP contribution >= 0.6 is 0 Å². The van der Waals surface area contributed by atoms with E-state index in [1.165, 1.54) is 12.8 Å². The maximum Gasteiger partial charge on any atom is 0.199 e. The number of hydrogen-bond donors (Lipinski definition) is 1. The number of aromatic nitrogens is 3. The minimum atomic E-state index is 0.0955. The van der Waals surface area contributed by atoms with Gasteiger partial charge in [-0.15, -0.1) is 0 Å². The van der Waals surface area contributed by atoms with Crippen LogP contribution in [0.15, 0.2) is 16.9 Å². The first kappa shape index (κ1) is 15.1. The summed E-state index contributed by atoms with van der Waals surface area (Å²) in [5, 5.41) is 12.5. The van der Waals surface area contributed by atoms with E-state index in [-0.39, 0.29) is 5.92 Å². The molecule has 4 rings (SSSR count). The number of nitrogens with zero attached hydrogens (tertiary/aromatic N) is 4. The van der Waals surface area contributed by atoms with Gasteiger partial charge in [-0.1, -0.05) is 12.8 Å². The van der Waals surface area contributed by atoms with Crippen molar-refractivity contribution in [2.45, 2.75) is 57.4 Å². The van der Waals surface area contributed by atoms with Crippen molar-refractivity contribution < 1.29 is 4.42 Å². The Hall–Kier alpha value is -2.42. The number of hydrogen-bond acceptors (Lipinski definition) is 6. The van der Waals surface area contributed by atoms with Gasteiger partial charge in [0.15, 0.2) is 11.7 Å². The van der Waals surface area contributed by atoms with Gasteiger partial charge in [-0.2, -0.15) is 5.26 Å². The molecule has 6 nitrogen and oxygen atoms in total. The van der Waals surface area contributed by atoms with Crippen LogP contribution in [-0.2, 0) is 6.42 Å². The fourth-order valence-corrected chi connectivity index (χ4v) is 4.02. The lowest BCUT2D eigenvalue weighted by atomic mass is 9.88. The lowest BCUT2D eigenvalue weighted by molar-refractivity contribution is 0.357. The van der Waals surface area contributed by atoms with Crippen molar-refractivity contribution in [3.05, 3.63) is 24.0 Å². The van der Waals surface area contributed by atoms with Gasteiger partial charge in [0, 0.05) is 18.0 Å². The Morgan fingerprint density at radius 2 is 2.17 bits per heavy atom. The summed E-state index contributed by atoms with van der Waals surface area (Å²) in [6, 6.07) is 2.65. The molecule has 1 fully saturated rings. The minimum absolute atomic E-state index is 0.0955. The van der Waals surface area contributed by atoms with Crippen LogP contribution < -0.4 is 5.32 Å². The summed E-state index contributed by atoms with van der Waals surface area (Å²) in [5.41, 5.74) is 1.91. The molecule has 2 aromatic heterocycles. The van der Waals surface area contributed by atoms with Gasteiger partial charge < -0.3 is 9.73 Å². The van der Waals surface area contributed by atoms with E-state index in [0.717, 1.165) is 36.3 Å². The molecule has 0 amide bonds. The Morgan fingerprint density at radius 3 is 2.96 bits per heavy atom. The highest BCUT2D eigenvalue weighted by Gasteiger charge is 2.31. The number of rotatable bonds is 4. The van der Waals surface area contributed by atoms with Crippen LogP contribution in [0, 0.1) is 17.2 Å². The second-order valence-corrected chi connectivity index (χ2v) is 6.87. The molecule has 2 aromatic rings. The molecule has 6 heteroatoms. The molecule has 1 N–H and O–H groups in total. The van der Waals surface area contributed by atoms with Crippen molar-refractivity contribution in [2.24, 2.45) is 5.92 Å². The highest BCUT2D eigenvalue weighted by atomic mass is 16.4. The summed E-state index contributed by atoms with van der Waals surface area (Å²) in [4.78, 5) is 13.2. The van der Waals surface area contributed by atoms with Gasteiger partial charge in [0.25, 0.3) is 0 Å². The van der Waals surface area contributed by atoms with Crippen LogP contribution in [0.3, 0.4) is 0 Å². The smallest absolute Gasteiger partial charge is 0.199 e. The van der Waals surface area contributed by atoms with Crippen molar-refractivity contribution in [3.63, 3.8) is 0 Å². The molecular weight excluding hydrogens is 302 g/mol. The van der Waals surface area contributed by atoms with Gasteiger partial charge in [0.05, 0.1) is 18.2 Å². The second kappa shape index (κ2) is 6.23. The zero-order valence-corrected chi connectivity index (χ0v) is 13.8. The molecule has 1 aliphatic heterocycles. The van der Waals surface area contributed by atoms with Crippen molar-refractivity contribution in [1.82, 2.24) is 15.0 Å². The largest absolute Gasteiger partial charge is 0.439 e. The summed E-state index contributed by atoms with van der Waals surface area (Å²) in [7, 11) is 0. The molecule has 0 saturated heterocycles. The van der Waals surface area contributed by atoms with Crippen LogP contribution in [0.1, 0.15) is 56.4 Å². The van der Waals surface area contributed by atoms with Crippen LogP contribution in [0.4, 0.5) is 5.82 Å². The summed E-state index contributed by atoms with van der Waals surface area (Å²) in [6.45, 7) is 2.13. The van der Waals surface area contributed by atoms with E-state index in [2.05, 4.69) is 33.3 Å². The second-order valence-electron chi connectivity index (χ2n) is 6.87. The van der Waals surface area contributed by atoms with E-state index in [1.54, 1.807) is 12.5 Å². The Balaban J connectivity index is 1.66. The highest BCUT2D eigenvalue weighted by Crippen LogP contribution is 2.40. The van der Waals surface area contributed by atoms with Gasteiger partial charge in [0.2, 0.25) is 0 Å². The molecule has 0 radical (unpaired) electrons. The number of nitrogens with one attached hydrogen (secondary N) is 1. The number of nitriles is 1. The van der Waals surface area contributed by atoms with E-state index < -0.39 is 0 Å². The predicted octanol–water partition coefficient (Wildman–Crippen LogP) is 3.68. The number of fused-ring (bicyclic) bond motifs is 1. The molecule has 24 heavy (non-hydrogen) atoms. The van der Waals surface area contributed by atoms with Crippen LogP contribution in [-0.4, -0.2) is 21.0 Å². The first-order valence-corrected chi connectivity index (χ1v) is 8.69. The summed E-state index contributed by atoms with van der Waals surface area (Å²) >= 11 is 0. The standard InChI is InChI=1S/C18H21N5O/c1-11-8-14-16(21-10-22-17(14)23-11)15-9-20-18(24-15)13(6-7-19)12-4-2-3-5-12/h9-13H,2-6,8H2,1H3,(H,21,22,23). The quantitative estimate of drug-likeness (QED) is 0.923. The molecule has 0 bridgehead atoms. The van der Waals surface area contributed by atoms with Crippen molar-refractivity contribution in [3.8, 4) is 17.5 Å². The Morgan fingerprint density at radius 1 is 1.33 bits per heavy atom. The van der Waals surface area contributed by atoms with E-state index in [4.69, 9.17) is 4.42 Å². The Kier molecular flexibility index (Phi) is 3.93. The predicted molar refractivity (Wildman–Crippen MR) is 89.2 cm³/mol. The maximum atomic E-state index is 9.19. The minimum Gasteiger partial charge on any atom is -0.439 e. The van der Waals surface area contributed by atoms with E-state index in [0.29, 0.717) is 30.0 Å². The third-order valence-corrected chi connectivity index (χ3v) is 5.19. The van der Waals surface area contributed by atoms with E-state index in [9.17, 15) is 5.26 Å². The van der Waals surface area contributed by atoms with Crippen molar-refractivity contribution in [1.29, 1.82) is 5.26 Å². The lowest BCUT2D eigenvalue weighted by Crippen LogP contribution is -2.09. The lowest BCUT2D eigenvalue weighted by Gasteiger charge is -2.17. The summed E-state index contributed by atoms with van der Waals surface area (Å²) < 4.78 is 6.08. The average molecular weight is 323 g/mol. The van der Waals surface area contributed by atoms with Crippen molar-refractivity contribution in [2.75, 3.05) is 5.32 Å². The normalized spacial score (nSPS) is 21.2. The molecule has 2 unspecified atom stereocenters. The van der Waals surface area contributed by atoms with E-state index >= 15 is 0 Å². The molecule has 3 heterocycles. The fraction of sp³-hybridized carbons (Fsp3) is 0.556. The van der Waals surface area contributed by atoms with E-state index in [1.807, 2.05) is 0 Å². The molecule has 0 spiro atoms. The molecule has 124 valence electrons. The Bertz CT molecular complexity index is 772. The van der Waals surface area contributed by atoms with Crippen LogP contribution in [0.2, 0.25) is 0 Å². The van der Waals surface area contributed by atoms with Gasteiger partial charge in [-0.25, -0.2) is 15.0 Å². The first-order chi connectivity index (χ1) is 11.8. The maximum absolute atomic E-state index is 9.19. The van der Waals surface area contributed by atoms with Gasteiger partial charge in [0.1, 0.15) is 17.8 Å². The monoisotopic (exact) mass is 323 g/mol. The third kappa shape index (κ3) is 2.64. The highest BCUT2D eigenvalue weighted by molar-refractivity contribution is 5.66. The van der Waals surface area contributed by atoms with Crippen molar-refractivity contribution >= 4 is 5.82 Å². The topological polar surface area (TPSA) is 87.6 Å². The molecule has 0 aromatic carbocycles. The van der Waals surface area contributed by atoms with Gasteiger partial charge in [-0.05, 0) is 32.1 Å². The number of oxazole rings is 1. The third-order valence-electron chi connectivity index (χ3n) is 5.19.